The minimum atomic E-state index is -0.819. The maximum atomic E-state index is 10.7. The first-order valence-corrected chi connectivity index (χ1v) is 5.11. The van der Waals surface area contributed by atoms with Gasteiger partial charge in [-0.2, -0.15) is 0 Å². The van der Waals surface area contributed by atoms with Crippen molar-refractivity contribution in [1.82, 2.24) is 9.38 Å². The molecule has 2 heterocycles. The Morgan fingerprint density at radius 2 is 2.36 bits per heavy atom. The highest BCUT2D eigenvalue weighted by Gasteiger charge is 2.14. The minimum Gasteiger partial charge on any atom is -0.481 e. The quantitative estimate of drug-likeness (QED) is 0.819. The molecule has 14 heavy (non-hydrogen) atoms. The molecule has 0 bridgehead atoms. The molecule has 0 saturated heterocycles. The second-order valence-electron chi connectivity index (χ2n) is 3.21. The van der Waals surface area contributed by atoms with Crippen molar-refractivity contribution >= 4 is 22.3 Å². The number of hydrogen-bond acceptors (Lipinski definition) is 3. The molecule has 0 atom stereocenters. The molecule has 0 aliphatic carbocycles. The number of carboxylic acids is 1. The maximum Gasteiger partial charge on any atom is 0.309 e. The normalized spacial score (nSPS) is 11.0. The largest absolute Gasteiger partial charge is 0.481 e. The summed E-state index contributed by atoms with van der Waals surface area (Å²) in [5, 5.41) is 10.7. The average molecular weight is 210 g/mol. The van der Waals surface area contributed by atoms with Gasteiger partial charge in [0.15, 0.2) is 4.96 Å². The first-order chi connectivity index (χ1) is 6.59. The molecule has 2 aromatic heterocycles. The highest BCUT2D eigenvalue weighted by Crippen LogP contribution is 2.20. The zero-order valence-electron chi connectivity index (χ0n) is 7.94. The summed E-state index contributed by atoms with van der Waals surface area (Å²) in [6, 6.07) is 0. The number of carboxylic acid groups (broad SMARTS) is 1. The van der Waals surface area contributed by atoms with Crippen molar-refractivity contribution in [1.29, 1.82) is 0 Å². The standard InChI is InChI=1S/C9H10N2O2S/c1-5-4-14-9-10-6(2)7(11(5)9)3-8(12)13/h4H,3H2,1-2H3,(H,12,13). The van der Waals surface area contributed by atoms with Gasteiger partial charge in [0.1, 0.15) is 0 Å². The van der Waals surface area contributed by atoms with E-state index in [9.17, 15) is 4.79 Å². The van der Waals surface area contributed by atoms with Gasteiger partial charge in [0, 0.05) is 11.1 Å². The molecule has 0 amide bonds. The van der Waals surface area contributed by atoms with Crippen LogP contribution in [0.5, 0.6) is 0 Å². The van der Waals surface area contributed by atoms with Crippen molar-refractivity contribution in [3.8, 4) is 0 Å². The Bertz CT molecular complexity index is 498. The van der Waals surface area contributed by atoms with Crippen LogP contribution >= 0.6 is 11.3 Å². The molecule has 0 aliphatic heterocycles. The zero-order chi connectivity index (χ0) is 10.3. The Morgan fingerprint density at radius 1 is 1.64 bits per heavy atom. The third-order valence-corrected chi connectivity index (χ3v) is 3.09. The van der Waals surface area contributed by atoms with Gasteiger partial charge in [-0.15, -0.1) is 11.3 Å². The third-order valence-electron chi connectivity index (χ3n) is 2.15. The first-order valence-electron chi connectivity index (χ1n) is 4.23. The van der Waals surface area contributed by atoms with E-state index in [1.165, 1.54) is 11.3 Å². The number of nitrogens with zero attached hydrogens (tertiary/aromatic N) is 2. The Balaban J connectivity index is 2.64. The maximum absolute atomic E-state index is 10.7. The lowest BCUT2D eigenvalue weighted by Crippen LogP contribution is -2.05. The van der Waals surface area contributed by atoms with Crippen LogP contribution in [0, 0.1) is 13.8 Å². The van der Waals surface area contributed by atoms with E-state index in [2.05, 4.69) is 4.98 Å². The number of aliphatic carboxylic acids is 1. The van der Waals surface area contributed by atoms with Crippen LogP contribution in [0.15, 0.2) is 5.38 Å². The topological polar surface area (TPSA) is 54.6 Å². The molecule has 0 aromatic carbocycles. The summed E-state index contributed by atoms with van der Waals surface area (Å²) in [6.45, 7) is 3.80. The predicted octanol–water partition coefficient (Wildman–Crippen LogP) is 1.64. The van der Waals surface area contributed by atoms with Crippen molar-refractivity contribution in [3.05, 3.63) is 22.5 Å². The minimum absolute atomic E-state index is 0.0323. The van der Waals surface area contributed by atoms with Crippen LogP contribution in [0.4, 0.5) is 0 Å². The molecule has 2 rings (SSSR count). The molecule has 0 aliphatic rings. The summed E-state index contributed by atoms with van der Waals surface area (Å²) >= 11 is 1.53. The first kappa shape index (κ1) is 9.21. The summed E-state index contributed by atoms with van der Waals surface area (Å²) in [7, 11) is 0. The van der Waals surface area contributed by atoms with Gasteiger partial charge in [0.25, 0.3) is 0 Å². The van der Waals surface area contributed by atoms with Crippen LogP contribution in [0.1, 0.15) is 17.1 Å². The van der Waals surface area contributed by atoms with E-state index in [0.717, 1.165) is 22.0 Å². The molecular formula is C9H10N2O2S. The van der Waals surface area contributed by atoms with E-state index in [1.54, 1.807) is 0 Å². The fourth-order valence-electron chi connectivity index (χ4n) is 1.52. The molecule has 2 aromatic rings. The molecule has 74 valence electrons. The van der Waals surface area contributed by atoms with E-state index >= 15 is 0 Å². The van der Waals surface area contributed by atoms with E-state index in [-0.39, 0.29) is 6.42 Å². The van der Waals surface area contributed by atoms with Gasteiger partial charge in [-0.1, -0.05) is 0 Å². The fraction of sp³-hybridized carbons (Fsp3) is 0.333. The van der Waals surface area contributed by atoms with Gasteiger partial charge in [0.05, 0.1) is 17.8 Å². The second-order valence-corrected chi connectivity index (χ2v) is 4.05. The van der Waals surface area contributed by atoms with Crippen molar-refractivity contribution < 1.29 is 9.90 Å². The number of aryl methyl sites for hydroxylation is 2. The molecule has 0 saturated carbocycles. The second kappa shape index (κ2) is 3.09. The molecule has 5 heteroatoms. The summed E-state index contributed by atoms with van der Waals surface area (Å²) in [5.41, 5.74) is 2.63. The summed E-state index contributed by atoms with van der Waals surface area (Å²) in [6.07, 6.45) is 0.0323. The molecule has 0 fully saturated rings. The van der Waals surface area contributed by atoms with Gasteiger partial charge in [-0.25, -0.2) is 4.98 Å². The summed E-state index contributed by atoms with van der Waals surface area (Å²) < 4.78 is 1.91. The lowest BCUT2D eigenvalue weighted by molar-refractivity contribution is -0.136. The molecular weight excluding hydrogens is 200 g/mol. The molecule has 0 unspecified atom stereocenters. The van der Waals surface area contributed by atoms with Crippen LogP contribution in [-0.2, 0) is 11.2 Å². The van der Waals surface area contributed by atoms with Gasteiger partial charge in [0.2, 0.25) is 0 Å². The lowest BCUT2D eigenvalue weighted by atomic mass is 10.2. The smallest absolute Gasteiger partial charge is 0.309 e. The fourth-order valence-corrected chi connectivity index (χ4v) is 2.45. The number of hydrogen-bond donors (Lipinski definition) is 1. The molecule has 0 spiro atoms. The van der Waals surface area contributed by atoms with Crippen LogP contribution in [-0.4, -0.2) is 20.5 Å². The number of thiazole rings is 1. The van der Waals surface area contributed by atoms with E-state index in [4.69, 9.17) is 5.11 Å². The van der Waals surface area contributed by atoms with Gasteiger partial charge in [-0.3, -0.25) is 9.20 Å². The monoisotopic (exact) mass is 210 g/mol. The van der Waals surface area contributed by atoms with Crippen molar-refractivity contribution in [2.24, 2.45) is 0 Å². The van der Waals surface area contributed by atoms with E-state index in [1.807, 2.05) is 23.6 Å². The highest BCUT2D eigenvalue weighted by molar-refractivity contribution is 7.15. The van der Waals surface area contributed by atoms with Crippen molar-refractivity contribution in [2.45, 2.75) is 20.3 Å². The molecule has 4 nitrogen and oxygen atoms in total. The Morgan fingerprint density at radius 3 is 3.00 bits per heavy atom. The predicted molar refractivity (Wildman–Crippen MR) is 53.9 cm³/mol. The Kier molecular flexibility index (Phi) is 2.03. The van der Waals surface area contributed by atoms with Crippen LogP contribution in [0.3, 0.4) is 0 Å². The van der Waals surface area contributed by atoms with Gasteiger partial charge < -0.3 is 5.11 Å². The molecule has 0 radical (unpaired) electrons. The average Bonchev–Trinajstić information content (AvgIpc) is 2.56. The Labute approximate surface area is 84.8 Å². The van der Waals surface area contributed by atoms with Crippen LogP contribution in [0.25, 0.3) is 4.96 Å². The van der Waals surface area contributed by atoms with Crippen molar-refractivity contribution in [3.63, 3.8) is 0 Å². The number of carbonyl (C=O) groups is 1. The highest BCUT2D eigenvalue weighted by atomic mass is 32.1. The zero-order valence-corrected chi connectivity index (χ0v) is 8.76. The van der Waals surface area contributed by atoms with Gasteiger partial charge in [-0.05, 0) is 13.8 Å². The van der Waals surface area contributed by atoms with Crippen LogP contribution in [0.2, 0.25) is 0 Å². The number of aromatic nitrogens is 2. The number of rotatable bonds is 2. The third kappa shape index (κ3) is 1.29. The molecule has 1 N–H and O–H groups in total. The number of fused-ring (bicyclic) bond motifs is 1. The summed E-state index contributed by atoms with van der Waals surface area (Å²) in [5.74, 6) is -0.819. The summed E-state index contributed by atoms with van der Waals surface area (Å²) in [4.78, 5) is 15.8. The van der Waals surface area contributed by atoms with Crippen molar-refractivity contribution in [2.75, 3.05) is 0 Å². The lowest BCUT2D eigenvalue weighted by Gasteiger charge is -1.98. The Hall–Kier alpha value is -1.36. The SMILES string of the molecule is Cc1nc2scc(C)n2c1CC(=O)O. The van der Waals surface area contributed by atoms with E-state index < -0.39 is 5.97 Å². The van der Waals surface area contributed by atoms with Gasteiger partial charge >= 0.3 is 5.97 Å². The van der Waals surface area contributed by atoms with E-state index in [0.29, 0.717) is 0 Å². The number of imidazole rings is 1. The van der Waals surface area contributed by atoms with Crippen LogP contribution < -0.4 is 0 Å².